The maximum atomic E-state index is 5.21. The Hall–Kier alpha value is -6.19. The van der Waals surface area contributed by atoms with Gasteiger partial charge in [0.1, 0.15) is 5.82 Å². The molecular weight excluding hydrogens is 583 g/mol. The van der Waals surface area contributed by atoms with Crippen molar-refractivity contribution in [1.82, 2.24) is 9.55 Å². The molecular formula is C45H31N3. The number of aryl methyl sites for hydroxylation is 1. The summed E-state index contributed by atoms with van der Waals surface area (Å²) in [5.74, 6) is 1.07. The summed E-state index contributed by atoms with van der Waals surface area (Å²) in [6.07, 6.45) is 0.828. The van der Waals surface area contributed by atoms with E-state index < -0.39 is 0 Å². The normalized spacial score (nSPS) is 12.3. The molecule has 3 heteroatoms. The van der Waals surface area contributed by atoms with Gasteiger partial charge in [-0.2, -0.15) is 0 Å². The van der Waals surface area contributed by atoms with Crippen molar-refractivity contribution >= 4 is 60.4 Å². The molecule has 1 aliphatic rings. The smallest absolute Gasteiger partial charge is 0.114 e. The summed E-state index contributed by atoms with van der Waals surface area (Å²) in [5.41, 5.74) is 11.8. The topological polar surface area (TPSA) is 21.1 Å². The minimum Gasteiger partial charge on any atom is -0.306 e. The average Bonchev–Trinajstić information content (AvgIpc) is 3.54. The van der Waals surface area contributed by atoms with Crippen molar-refractivity contribution < 1.29 is 0 Å². The first-order chi connectivity index (χ1) is 23.8. The number of anilines is 3. The number of hydrogen-bond donors (Lipinski definition) is 0. The lowest BCUT2D eigenvalue weighted by atomic mass is 9.84. The number of hydrogen-bond acceptors (Lipinski definition) is 2. The van der Waals surface area contributed by atoms with Crippen molar-refractivity contribution in [3.8, 4) is 27.9 Å². The zero-order valence-electron chi connectivity index (χ0n) is 26.6. The Kier molecular flexibility index (Phi) is 5.85. The van der Waals surface area contributed by atoms with Crippen molar-refractivity contribution in [1.29, 1.82) is 0 Å². The van der Waals surface area contributed by atoms with E-state index in [2.05, 4.69) is 174 Å². The van der Waals surface area contributed by atoms with Crippen LogP contribution in [0, 0.1) is 0 Å². The monoisotopic (exact) mass is 613 g/mol. The lowest BCUT2D eigenvalue weighted by Crippen LogP contribution is -2.19. The van der Waals surface area contributed by atoms with Gasteiger partial charge in [0.15, 0.2) is 0 Å². The van der Waals surface area contributed by atoms with Gasteiger partial charge in [0.2, 0.25) is 0 Å². The summed E-state index contributed by atoms with van der Waals surface area (Å²) in [7, 11) is 0. The fourth-order valence-electron chi connectivity index (χ4n) is 8.10. The number of imidazole rings is 1. The van der Waals surface area contributed by atoms with Gasteiger partial charge in [-0.3, -0.25) is 4.57 Å². The molecule has 9 aromatic rings. The third kappa shape index (κ3) is 3.73. The summed E-state index contributed by atoms with van der Waals surface area (Å²) in [6, 6.07) is 57.4. The third-order valence-electron chi connectivity index (χ3n) is 10.0. The second-order valence-electron chi connectivity index (χ2n) is 12.6. The predicted molar refractivity (Wildman–Crippen MR) is 202 cm³/mol. The zero-order valence-corrected chi connectivity index (χ0v) is 26.6. The van der Waals surface area contributed by atoms with Crippen LogP contribution in [0.25, 0.3) is 71.3 Å². The summed E-state index contributed by atoms with van der Waals surface area (Å²) in [5, 5.41) is 7.51. The Morgan fingerprint density at radius 1 is 0.479 bits per heavy atom. The maximum Gasteiger partial charge on any atom is 0.114 e. The van der Waals surface area contributed by atoms with Crippen LogP contribution in [0.4, 0.5) is 17.1 Å². The van der Waals surface area contributed by atoms with Gasteiger partial charge in [-0.05, 0) is 79.3 Å². The van der Waals surface area contributed by atoms with Crippen LogP contribution in [0.2, 0.25) is 0 Å². The molecule has 8 aromatic carbocycles. The summed E-state index contributed by atoms with van der Waals surface area (Å²) in [6.45, 7) is 2.21. The van der Waals surface area contributed by atoms with Crippen molar-refractivity contribution in [2.24, 2.45) is 0 Å². The van der Waals surface area contributed by atoms with Crippen LogP contribution in [-0.2, 0) is 6.42 Å². The average molecular weight is 614 g/mol. The van der Waals surface area contributed by atoms with Gasteiger partial charge < -0.3 is 4.90 Å². The molecule has 0 saturated carbocycles. The van der Waals surface area contributed by atoms with E-state index in [1.807, 2.05) is 0 Å². The van der Waals surface area contributed by atoms with E-state index in [-0.39, 0.29) is 0 Å². The largest absolute Gasteiger partial charge is 0.306 e. The summed E-state index contributed by atoms with van der Waals surface area (Å²) < 4.78 is 2.44. The number of para-hydroxylation sites is 3. The van der Waals surface area contributed by atoms with Crippen LogP contribution in [-0.4, -0.2) is 9.55 Å². The molecule has 0 radical (unpaired) electrons. The quantitative estimate of drug-likeness (QED) is 0.184. The summed E-state index contributed by atoms with van der Waals surface area (Å²) >= 11 is 0. The third-order valence-corrected chi connectivity index (χ3v) is 10.0. The van der Waals surface area contributed by atoms with Crippen molar-refractivity contribution in [3.05, 3.63) is 164 Å². The molecule has 1 aromatic heterocycles. The van der Waals surface area contributed by atoms with Gasteiger partial charge in [0.05, 0.1) is 28.1 Å². The Bertz CT molecular complexity index is 2660. The van der Waals surface area contributed by atoms with E-state index >= 15 is 0 Å². The number of fused-ring (bicyclic) bond motifs is 5. The molecule has 226 valence electrons. The first-order valence-corrected chi connectivity index (χ1v) is 16.7. The molecule has 0 saturated heterocycles. The highest BCUT2D eigenvalue weighted by molar-refractivity contribution is 6.24. The van der Waals surface area contributed by atoms with Crippen molar-refractivity contribution in [3.63, 3.8) is 0 Å². The minimum atomic E-state index is 0.828. The fraction of sp³-hybridized carbons (Fsp3) is 0.0444. The first-order valence-electron chi connectivity index (χ1n) is 16.7. The van der Waals surface area contributed by atoms with Gasteiger partial charge in [-0.25, -0.2) is 4.98 Å². The predicted octanol–water partition coefficient (Wildman–Crippen LogP) is 12.2. The standard InChI is InChI=1S/C45H31N3/c1-2-41-46-38-26-14-28-40-45(38)48(41)44-37(25-13-27-39(44)47(40)30-17-4-3-5-18-30)43-35-22-10-8-20-33(35)42(34-21-9-11-23-36(34)43)32-24-12-16-29-15-6-7-19-31(29)32/h3-28H,2H2,1H3. The van der Waals surface area contributed by atoms with Gasteiger partial charge in [0.25, 0.3) is 0 Å². The highest BCUT2D eigenvalue weighted by Gasteiger charge is 2.31. The van der Waals surface area contributed by atoms with E-state index in [0.717, 1.165) is 40.3 Å². The Morgan fingerprint density at radius 3 is 1.73 bits per heavy atom. The molecule has 0 atom stereocenters. The summed E-state index contributed by atoms with van der Waals surface area (Å²) in [4.78, 5) is 7.62. The van der Waals surface area contributed by atoms with Gasteiger partial charge in [-0.15, -0.1) is 0 Å². The molecule has 1 aliphatic heterocycles. The Balaban J connectivity index is 1.37. The Morgan fingerprint density at radius 2 is 1.02 bits per heavy atom. The van der Waals surface area contributed by atoms with Gasteiger partial charge in [-0.1, -0.05) is 134 Å². The number of benzene rings is 8. The van der Waals surface area contributed by atoms with E-state index in [4.69, 9.17) is 4.98 Å². The molecule has 10 rings (SSSR count). The van der Waals surface area contributed by atoms with Crippen LogP contribution < -0.4 is 4.90 Å². The molecule has 0 unspecified atom stereocenters. The fourth-order valence-corrected chi connectivity index (χ4v) is 8.10. The minimum absolute atomic E-state index is 0.828. The lowest BCUT2D eigenvalue weighted by molar-refractivity contribution is 0.902. The van der Waals surface area contributed by atoms with E-state index in [1.54, 1.807) is 0 Å². The van der Waals surface area contributed by atoms with Crippen LogP contribution in [0.15, 0.2) is 158 Å². The van der Waals surface area contributed by atoms with Crippen LogP contribution in [0.1, 0.15) is 12.7 Å². The van der Waals surface area contributed by atoms with E-state index in [9.17, 15) is 0 Å². The van der Waals surface area contributed by atoms with Gasteiger partial charge >= 0.3 is 0 Å². The van der Waals surface area contributed by atoms with Gasteiger partial charge in [0, 0.05) is 17.7 Å². The molecule has 0 spiro atoms. The van der Waals surface area contributed by atoms with Crippen molar-refractivity contribution in [2.45, 2.75) is 13.3 Å². The number of nitrogens with zero attached hydrogens (tertiary/aromatic N) is 3. The molecule has 0 fully saturated rings. The van der Waals surface area contributed by atoms with Crippen LogP contribution in [0.3, 0.4) is 0 Å². The zero-order chi connectivity index (χ0) is 31.8. The highest BCUT2D eigenvalue weighted by Crippen LogP contribution is 2.53. The van der Waals surface area contributed by atoms with Crippen LogP contribution >= 0.6 is 0 Å². The van der Waals surface area contributed by atoms with E-state index in [1.165, 1.54) is 60.3 Å². The molecule has 0 N–H and O–H groups in total. The number of aromatic nitrogens is 2. The second kappa shape index (κ2) is 10.4. The molecule has 0 aliphatic carbocycles. The van der Waals surface area contributed by atoms with Crippen LogP contribution in [0.5, 0.6) is 0 Å². The Labute approximate surface area is 279 Å². The molecule has 0 amide bonds. The molecule has 48 heavy (non-hydrogen) atoms. The molecule has 0 bridgehead atoms. The highest BCUT2D eigenvalue weighted by atomic mass is 15.2. The van der Waals surface area contributed by atoms with E-state index in [0.29, 0.717) is 0 Å². The molecule has 2 heterocycles. The lowest BCUT2D eigenvalue weighted by Gasteiger charge is -2.34. The first kappa shape index (κ1) is 27.0. The number of rotatable bonds is 4. The second-order valence-corrected chi connectivity index (χ2v) is 12.6. The van der Waals surface area contributed by atoms with Crippen molar-refractivity contribution in [2.75, 3.05) is 4.90 Å². The SMILES string of the molecule is CCc1nc2cccc3c2n1-c1c(-c2c4ccccc4c(-c4cccc5ccccc45)c4ccccc24)cccc1N3c1ccccc1. The maximum absolute atomic E-state index is 5.21. The molecule has 3 nitrogen and oxygen atoms in total.